The van der Waals surface area contributed by atoms with Gasteiger partial charge in [-0.2, -0.15) is 0 Å². The van der Waals surface area contributed by atoms with E-state index < -0.39 is 29.1 Å². The molecule has 15 nitrogen and oxygen atoms in total. The summed E-state index contributed by atoms with van der Waals surface area (Å²) < 4.78 is 73.2. The first-order valence-corrected chi connectivity index (χ1v) is 32.3. The molecule has 0 aliphatic carbocycles. The van der Waals surface area contributed by atoms with Crippen LogP contribution in [0.15, 0.2) is 60.7 Å². The van der Waals surface area contributed by atoms with Crippen molar-refractivity contribution in [3.63, 3.8) is 0 Å². The molecule has 0 spiro atoms. The molecule has 0 saturated carbocycles. The first kappa shape index (κ1) is 75.3. The summed E-state index contributed by atoms with van der Waals surface area (Å²) in [5.74, 6) is 2.25. The molecular weight excluding hydrogens is 1100 g/mol. The topological polar surface area (TPSA) is 171 Å². The summed E-state index contributed by atoms with van der Waals surface area (Å²) in [7, 11) is 9.99. The Kier molecular flexibility index (Phi) is 35.1. The van der Waals surface area contributed by atoms with Crippen LogP contribution in [-0.4, -0.2) is 135 Å². The van der Waals surface area contributed by atoms with E-state index in [-0.39, 0.29) is 91.5 Å². The van der Waals surface area contributed by atoms with Crippen molar-refractivity contribution in [2.45, 2.75) is 220 Å². The highest BCUT2D eigenvalue weighted by atomic mass is 16.5. The van der Waals surface area contributed by atoms with Gasteiger partial charge in [0.2, 0.25) is 0 Å². The van der Waals surface area contributed by atoms with Gasteiger partial charge in [-0.15, -0.1) is 0 Å². The van der Waals surface area contributed by atoms with E-state index in [0.717, 1.165) is 138 Å². The Morgan fingerprint density at radius 1 is 0.368 bits per heavy atom. The van der Waals surface area contributed by atoms with Gasteiger partial charge in [0.25, 0.3) is 0 Å². The van der Waals surface area contributed by atoms with Crippen molar-refractivity contribution < 1.29 is 72.2 Å². The molecule has 7 atom stereocenters. The molecule has 0 aliphatic heterocycles. The zero-order valence-electron chi connectivity index (χ0n) is 56.2. The predicted molar refractivity (Wildman–Crippen MR) is 345 cm³/mol. The molecule has 0 saturated heterocycles. The summed E-state index contributed by atoms with van der Waals surface area (Å²) in [6, 6.07) is 21.6. The lowest BCUT2D eigenvalue weighted by Gasteiger charge is -2.35. The Balaban J connectivity index is 1.89. The standard InChI is InChI=1S/C72H114O15/c1-16-22-25-51(19-4)38-82-45-63(73)48-85-69-54(41-78-12)34-61(35-55(69)42-79-13)72(9,62-36-56(43-80-14)70(57(37-62)44-81-15)87-50-65(75)47-84-67(21-6)27-24-18-3)59-30-28-58(29-31-59)71(7,8)60-32-52(39-76-10)68(53(33-60)40-77-11)86-49-64(74)46-83-66(20-5)26-23-17-2/h28-37,51,63-67,73-75H,16-27,38-50H2,1-15H3. The maximum atomic E-state index is 11.3. The van der Waals surface area contributed by atoms with Gasteiger partial charge in [0.05, 0.1) is 71.7 Å². The van der Waals surface area contributed by atoms with E-state index in [2.05, 4.69) is 123 Å². The van der Waals surface area contributed by atoms with E-state index >= 15 is 0 Å². The minimum absolute atomic E-state index is 0.0136. The smallest absolute Gasteiger partial charge is 0.130 e. The summed E-state index contributed by atoms with van der Waals surface area (Å²) >= 11 is 0. The first-order valence-electron chi connectivity index (χ1n) is 32.3. The monoisotopic (exact) mass is 1220 g/mol. The van der Waals surface area contributed by atoms with Crippen LogP contribution in [-0.2, 0) is 93.1 Å². The summed E-state index contributed by atoms with van der Waals surface area (Å²) in [5.41, 5.74) is 8.40. The average Bonchev–Trinajstić information content (AvgIpc) is 1.25. The SMILES string of the molecule is CCCCC(CC)COCC(O)COc1c(COC)cc(C(C)(c2ccc(C(C)(C)c3cc(COC)c(OCC(O)COC(CC)CCCC)c(COC)c3)cc2)c2cc(COC)c(OCC(O)COC(CC)CCCC)c(COC)c2)cc1COC. The number of rotatable bonds is 48. The van der Waals surface area contributed by atoms with Gasteiger partial charge in [-0.1, -0.05) is 125 Å². The van der Waals surface area contributed by atoms with Crippen molar-refractivity contribution in [2.24, 2.45) is 5.92 Å². The van der Waals surface area contributed by atoms with Crippen LogP contribution in [0.4, 0.5) is 0 Å². The number of unbranched alkanes of at least 4 members (excludes halogenated alkanes) is 3. The van der Waals surface area contributed by atoms with E-state index in [9.17, 15) is 15.3 Å². The zero-order valence-corrected chi connectivity index (χ0v) is 56.2. The highest BCUT2D eigenvalue weighted by molar-refractivity contribution is 5.59. The fourth-order valence-corrected chi connectivity index (χ4v) is 11.3. The predicted octanol–water partition coefficient (Wildman–Crippen LogP) is 13.7. The third-order valence-electron chi connectivity index (χ3n) is 16.8. The molecule has 0 radical (unpaired) electrons. The van der Waals surface area contributed by atoms with E-state index in [0.29, 0.717) is 29.8 Å². The van der Waals surface area contributed by atoms with Crippen molar-refractivity contribution in [1.29, 1.82) is 0 Å². The van der Waals surface area contributed by atoms with Crippen molar-refractivity contribution in [2.75, 3.05) is 88.9 Å². The van der Waals surface area contributed by atoms with Gasteiger partial charge in [-0.3, -0.25) is 0 Å². The van der Waals surface area contributed by atoms with Gasteiger partial charge < -0.3 is 72.2 Å². The highest BCUT2D eigenvalue weighted by Crippen LogP contribution is 2.46. The summed E-state index contributed by atoms with van der Waals surface area (Å²) in [4.78, 5) is 0. The molecule has 0 aliphatic rings. The minimum Gasteiger partial charge on any atom is -0.490 e. The molecule has 0 bridgehead atoms. The van der Waals surface area contributed by atoms with Crippen LogP contribution in [0.3, 0.4) is 0 Å². The number of ether oxygens (including phenoxy) is 12. The molecule has 7 unspecified atom stereocenters. The molecule has 15 heteroatoms. The Morgan fingerprint density at radius 2 is 0.690 bits per heavy atom. The number of aliphatic hydroxyl groups is 3. The molecule has 0 fully saturated rings. The summed E-state index contributed by atoms with van der Waals surface area (Å²) in [6.07, 6.45) is 10.1. The second-order valence-corrected chi connectivity index (χ2v) is 24.2. The van der Waals surface area contributed by atoms with Crippen LogP contribution in [0.5, 0.6) is 17.2 Å². The molecule has 4 rings (SSSR count). The molecule has 4 aromatic rings. The van der Waals surface area contributed by atoms with Crippen LogP contribution in [0.25, 0.3) is 0 Å². The molecule has 0 heterocycles. The second kappa shape index (κ2) is 40.5. The Hall–Kier alpha value is -4.20. The van der Waals surface area contributed by atoms with Crippen LogP contribution >= 0.6 is 0 Å². The lowest BCUT2D eigenvalue weighted by atomic mass is 9.68. The maximum absolute atomic E-state index is 11.3. The fourth-order valence-electron chi connectivity index (χ4n) is 11.3. The third-order valence-corrected chi connectivity index (χ3v) is 16.8. The van der Waals surface area contributed by atoms with Crippen molar-refractivity contribution in [3.8, 4) is 17.2 Å². The van der Waals surface area contributed by atoms with E-state index in [1.54, 1.807) is 42.7 Å². The number of hydrogen-bond acceptors (Lipinski definition) is 15. The third kappa shape index (κ3) is 22.9. The maximum Gasteiger partial charge on any atom is 0.130 e. The van der Waals surface area contributed by atoms with Gasteiger partial charge in [-0.25, -0.2) is 0 Å². The number of benzene rings is 4. The second-order valence-electron chi connectivity index (χ2n) is 24.2. The van der Waals surface area contributed by atoms with Crippen molar-refractivity contribution >= 4 is 0 Å². The van der Waals surface area contributed by atoms with Gasteiger partial charge in [0, 0.05) is 93.5 Å². The van der Waals surface area contributed by atoms with E-state index in [1.807, 2.05) is 0 Å². The number of hydrogen-bond donors (Lipinski definition) is 3. The van der Waals surface area contributed by atoms with Gasteiger partial charge >= 0.3 is 0 Å². The van der Waals surface area contributed by atoms with E-state index in [1.165, 1.54) is 0 Å². The zero-order chi connectivity index (χ0) is 63.8. The van der Waals surface area contributed by atoms with E-state index in [4.69, 9.17) is 56.8 Å². The first-order chi connectivity index (χ1) is 42.0. The Bertz CT molecular complexity index is 2430. The molecule has 4 aromatic carbocycles. The molecule has 3 N–H and O–H groups in total. The summed E-state index contributed by atoms with van der Waals surface area (Å²) in [6.45, 7) is 22.2. The fraction of sp³-hybridized carbons (Fsp3) is 0.667. The number of aliphatic hydroxyl groups excluding tert-OH is 3. The largest absolute Gasteiger partial charge is 0.490 e. The lowest BCUT2D eigenvalue weighted by molar-refractivity contribution is -0.0294. The average molecular weight is 1220 g/mol. The highest BCUT2D eigenvalue weighted by Gasteiger charge is 2.36. The molecule has 0 amide bonds. The Labute approximate surface area is 524 Å². The summed E-state index contributed by atoms with van der Waals surface area (Å²) in [5, 5.41) is 33.6. The van der Waals surface area contributed by atoms with Crippen molar-refractivity contribution in [3.05, 3.63) is 122 Å². The molecular formula is C72H114O15. The molecule has 0 aromatic heterocycles. The molecule has 87 heavy (non-hydrogen) atoms. The van der Waals surface area contributed by atoms with Crippen LogP contribution in [0.2, 0.25) is 0 Å². The van der Waals surface area contributed by atoms with Crippen LogP contribution in [0, 0.1) is 5.92 Å². The van der Waals surface area contributed by atoms with Crippen LogP contribution in [0.1, 0.15) is 201 Å². The van der Waals surface area contributed by atoms with Gasteiger partial charge in [0.1, 0.15) is 55.4 Å². The number of methoxy groups -OCH3 is 6. The lowest BCUT2D eigenvalue weighted by Crippen LogP contribution is -2.29. The normalized spacial score (nSPS) is 14.8. The molecule has 492 valence electrons. The van der Waals surface area contributed by atoms with Gasteiger partial charge in [-0.05, 0) is 109 Å². The Morgan fingerprint density at radius 3 is 1.01 bits per heavy atom. The van der Waals surface area contributed by atoms with Crippen molar-refractivity contribution in [1.82, 2.24) is 0 Å². The van der Waals surface area contributed by atoms with Gasteiger partial charge in [0.15, 0.2) is 0 Å². The minimum atomic E-state index is -0.878. The van der Waals surface area contributed by atoms with Crippen LogP contribution < -0.4 is 14.2 Å². The quantitative estimate of drug-likeness (QED) is 0.0357.